The first-order valence-electron chi connectivity index (χ1n) is 4.58. The lowest BCUT2D eigenvalue weighted by Gasteiger charge is -2.25. The predicted octanol–water partition coefficient (Wildman–Crippen LogP) is 1.90. The zero-order valence-electron chi connectivity index (χ0n) is 6.50. The number of halogens is 1. The monoisotopic (exact) mass is 172 g/mol. The molecule has 11 heavy (non-hydrogen) atoms. The minimum atomic E-state index is 0.475. The minimum absolute atomic E-state index is 0.475. The average molecular weight is 173 g/mol. The Morgan fingerprint density at radius 1 is 1.00 bits per heavy atom. The standard InChI is InChI=1S/C9H13ClO/c10-9-2-5-1-6(9)8-4-11-3-7(5)8/h5-9H,1-4H2/t5-,6-,7+,8+,9-/m0/s1. The van der Waals surface area contributed by atoms with Crippen LogP contribution in [0, 0.1) is 23.7 Å². The van der Waals surface area contributed by atoms with Crippen LogP contribution in [0.2, 0.25) is 0 Å². The maximum absolute atomic E-state index is 6.22. The van der Waals surface area contributed by atoms with E-state index in [0.29, 0.717) is 5.38 Å². The fourth-order valence-electron chi connectivity index (χ4n) is 3.36. The molecule has 2 aliphatic carbocycles. The van der Waals surface area contributed by atoms with E-state index in [0.717, 1.165) is 36.9 Å². The van der Waals surface area contributed by atoms with E-state index in [-0.39, 0.29) is 0 Å². The Hall–Kier alpha value is 0.250. The van der Waals surface area contributed by atoms with Crippen molar-refractivity contribution < 1.29 is 4.74 Å². The zero-order chi connectivity index (χ0) is 7.42. The summed E-state index contributed by atoms with van der Waals surface area (Å²) in [4.78, 5) is 0. The molecule has 0 unspecified atom stereocenters. The van der Waals surface area contributed by atoms with Crippen molar-refractivity contribution in [1.29, 1.82) is 0 Å². The molecular formula is C9H13ClO. The molecule has 1 saturated heterocycles. The number of fused-ring (bicyclic) bond motifs is 5. The largest absolute Gasteiger partial charge is 0.381 e. The van der Waals surface area contributed by atoms with E-state index >= 15 is 0 Å². The summed E-state index contributed by atoms with van der Waals surface area (Å²) in [6, 6.07) is 0. The Labute approximate surface area is 72.1 Å². The molecule has 0 aromatic heterocycles. The summed E-state index contributed by atoms with van der Waals surface area (Å²) in [5, 5.41) is 0.475. The molecular weight excluding hydrogens is 160 g/mol. The first-order valence-corrected chi connectivity index (χ1v) is 5.01. The molecule has 0 radical (unpaired) electrons. The molecule has 2 bridgehead atoms. The predicted molar refractivity (Wildman–Crippen MR) is 43.7 cm³/mol. The van der Waals surface area contributed by atoms with Crippen LogP contribution in [-0.2, 0) is 4.74 Å². The van der Waals surface area contributed by atoms with Crippen molar-refractivity contribution in [2.24, 2.45) is 23.7 Å². The maximum Gasteiger partial charge on any atom is 0.0501 e. The third kappa shape index (κ3) is 0.762. The van der Waals surface area contributed by atoms with E-state index in [1.165, 1.54) is 12.8 Å². The molecule has 1 nitrogen and oxygen atoms in total. The molecule has 3 fully saturated rings. The molecule has 0 aromatic rings. The molecule has 0 aromatic carbocycles. The van der Waals surface area contributed by atoms with Crippen LogP contribution in [0.1, 0.15) is 12.8 Å². The fourth-order valence-corrected chi connectivity index (χ4v) is 3.88. The van der Waals surface area contributed by atoms with Crippen LogP contribution in [0.25, 0.3) is 0 Å². The van der Waals surface area contributed by atoms with Gasteiger partial charge < -0.3 is 4.74 Å². The first-order chi connectivity index (χ1) is 5.36. The fraction of sp³-hybridized carbons (Fsp3) is 1.00. The second kappa shape index (κ2) is 2.14. The van der Waals surface area contributed by atoms with Crippen LogP contribution < -0.4 is 0 Å². The number of ether oxygens (including phenoxy) is 1. The molecule has 5 atom stereocenters. The molecule has 0 amide bonds. The van der Waals surface area contributed by atoms with E-state index in [1.54, 1.807) is 0 Å². The van der Waals surface area contributed by atoms with E-state index in [2.05, 4.69) is 0 Å². The van der Waals surface area contributed by atoms with Crippen LogP contribution >= 0.6 is 11.6 Å². The van der Waals surface area contributed by atoms with Crippen molar-refractivity contribution in [2.75, 3.05) is 13.2 Å². The van der Waals surface area contributed by atoms with Crippen molar-refractivity contribution in [1.82, 2.24) is 0 Å². The summed E-state index contributed by atoms with van der Waals surface area (Å²) in [7, 11) is 0. The molecule has 0 N–H and O–H groups in total. The van der Waals surface area contributed by atoms with Gasteiger partial charge in [-0.1, -0.05) is 0 Å². The lowest BCUT2D eigenvalue weighted by atomic mass is 9.82. The lowest BCUT2D eigenvalue weighted by molar-refractivity contribution is 0.164. The highest BCUT2D eigenvalue weighted by Crippen LogP contribution is 2.56. The quantitative estimate of drug-likeness (QED) is 0.508. The zero-order valence-corrected chi connectivity index (χ0v) is 7.26. The lowest BCUT2D eigenvalue weighted by Crippen LogP contribution is -2.27. The third-order valence-electron chi connectivity index (χ3n) is 3.89. The number of hydrogen-bond acceptors (Lipinski definition) is 1. The molecule has 62 valence electrons. The van der Waals surface area contributed by atoms with Gasteiger partial charge in [0.2, 0.25) is 0 Å². The van der Waals surface area contributed by atoms with Gasteiger partial charge in [-0.05, 0) is 36.5 Å². The summed E-state index contributed by atoms with van der Waals surface area (Å²) in [5.74, 6) is 3.43. The second-order valence-electron chi connectivity index (χ2n) is 4.28. The van der Waals surface area contributed by atoms with Gasteiger partial charge in [0.05, 0.1) is 13.2 Å². The topological polar surface area (TPSA) is 9.23 Å². The number of alkyl halides is 1. The average Bonchev–Trinajstić information content (AvgIpc) is 2.52. The normalized spacial score (nSPS) is 60.3. The highest BCUT2D eigenvalue weighted by molar-refractivity contribution is 6.21. The van der Waals surface area contributed by atoms with Crippen molar-refractivity contribution in [2.45, 2.75) is 18.2 Å². The summed E-state index contributed by atoms with van der Waals surface area (Å²) in [5.41, 5.74) is 0. The Morgan fingerprint density at radius 2 is 1.82 bits per heavy atom. The Kier molecular flexibility index (Phi) is 1.31. The SMILES string of the molecule is Cl[C@H]1C[C@@H]2C[C@H]1[C@H]1COC[C@H]21. The second-order valence-corrected chi connectivity index (χ2v) is 4.84. The highest BCUT2D eigenvalue weighted by atomic mass is 35.5. The molecule has 3 aliphatic rings. The van der Waals surface area contributed by atoms with Gasteiger partial charge in [0.15, 0.2) is 0 Å². The Morgan fingerprint density at radius 3 is 2.73 bits per heavy atom. The molecule has 1 heterocycles. The van der Waals surface area contributed by atoms with Crippen LogP contribution in [0.4, 0.5) is 0 Å². The summed E-state index contributed by atoms with van der Waals surface area (Å²) in [6.07, 6.45) is 2.66. The molecule has 3 rings (SSSR count). The van der Waals surface area contributed by atoms with Crippen molar-refractivity contribution in [3.63, 3.8) is 0 Å². The summed E-state index contributed by atoms with van der Waals surface area (Å²) in [6.45, 7) is 2.02. The molecule has 2 heteroatoms. The van der Waals surface area contributed by atoms with Crippen LogP contribution in [0.15, 0.2) is 0 Å². The number of hydrogen-bond donors (Lipinski definition) is 0. The van der Waals surface area contributed by atoms with Crippen LogP contribution in [0.5, 0.6) is 0 Å². The van der Waals surface area contributed by atoms with Gasteiger partial charge in [0.1, 0.15) is 0 Å². The Balaban J connectivity index is 1.90. The maximum atomic E-state index is 6.22. The van der Waals surface area contributed by atoms with Gasteiger partial charge in [-0.2, -0.15) is 0 Å². The minimum Gasteiger partial charge on any atom is -0.381 e. The smallest absolute Gasteiger partial charge is 0.0501 e. The van der Waals surface area contributed by atoms with E-state index in [1.807, 2.05) is 0 Å². The van der Waals surface area contributed by atoms with Crippen LogP contribution in [-0.4, -0.2) is 18.6 Å². The van der Waals surface area contributed by atoms with Gasteiger partial charge in [-0.3, -0.25) is 0 Å². The number of rotatable bonds is 0. The van der Waals surface area contributed by atoms with E-state index in [9.17, 15) is 0 Å². The van der Waals surface area contributed by atoms with Gasteiger partial charge in [0, 0.05) is 5.38 Å². The van der Waals surface area contributed by atoms with E-state index < -0.39 is 0 Å². The van der Waals surface area contributed by atoms with Crippen molar-refractivity contribution in [3.05, 3.63) is 0 Å². The summed E-state index contributed by atoms with van der Waals surface area (Å²) >= 11 is 6.22. The van der Waals surface area contributed by atoms with Gasteiger partial charge >= 0.3 is 0 Å². The molecule has 2 saturated carbocycles. The van der Waals surface area contributed by atoms with Gasteiger partial charge in [-0.25, -0.2) is 0 Å². The van der Waals surface area contributed by atoms with Crippen molar-refractivity contribution >= 4 is 11.6 Å². The molecule has 1 aliphatic heterocycles. The third-order valence-corrected chi connectivity index (χ3v) is 4.40. The highest BCUT2D eigenvalue weighted by Gasteiger charge is 2.54. The van der Waals surface area contributed by atoms with Gasteiger partial charge in [-0.15, -0.1) is 11.6 Å². The van der Waals surface area contributed by atoms with Gasteiger partial charge in [0.25, 0.3) is 0 Å². The summed E-state index contributed by atoms with van der Waals surface area (Å²) < 4.78 is 5.48. The van der Waals surface area contributed by atoms with Crippen molar-refractivity contribution in [3.8, 4) is 0 Å². The molecule has 0 spiro atoms. The van der Waals surface area contributed by atoms with E-state index in [4.69, 9.17) is 16.3 Å². The van der Waals surface area contributed by atoms with Crippen LogP contribution in [0.3, 0.4) is 0 Å². The Bertz CT molecular complexity index is 182. The first kappa shape index (κ1) is 6.73.